The number of aromatic nitrogens is 4. The number of hydrogen-bond acceptors (Lipinski definition) is 11. The highest BCUT2D eigenvalue weighted by Crippen LogP contribution is 2.27. The van der Waals surface area contributed by atoms with Crippen LogP contribution in [0.4, 0.5) is 22.0 Å². The lowest BCUT2D eigenvalue weighted by Crippen LogP contribution is -2.30. The van der Waals surface area contributed by atoms with Gasteiger partial charge in [0.05, 0.1) is 33.3 Å². The molecule has 0 spiro atoms. The van der Waals surface area contributed by atoms with E-state index >= 15 is 0 Å². The van der Waals surface area contributed by atoms with Crippen LogP contribution in [0.3, 0.4) is 0 Å². The van der Waals surface area contributed by atoms with Crippen LogP contribution in [-0.4, -0.2) is 58.2 Å². The maximum Gasteiger partial charge on any atom is 0.267 e. The van der Waals surface area contributed by atoms with Crippen molar-refractivity contribution in [2.45, 2.75) is 30.7 Å². The van der Waals surface area contributed by atoms with E-state index in [0.717, 1.165) is 36.6 Å². The van der Waals surface area contributed by atoms with Crippen molar-refractivity contribution in [1.29, 1.82) is 5.26 Å². The molecule has 2 aromatic carbocycles. The number of nitrogens with zero attached hydrogens (tertiary/aromatic N) is 6. The van der Waals surface area contributed by atoms with Crippen LogP contribution in [-0.2, 0) is 9.84 Å². The van der Waals surface area contributed by atoms with Gasteiger partial charge >= 0.3 is 0 Å². The van der Waals surface area contributed by atoms with E-state index in [2.05, 4.69) is 25.2 Å². The second kappa shape index (κ2) is 11.1. The Morgan fingerprint density at radius 3 is 2.56 bits per heavy atom. The van der Waals surface area contributed by atoms with Gasteiger partial charge in [0.15, 0.2) is 15.7 Å². The third kappa shape index (κ3) is 5.54. The van der Waals surface area contributed by atoms with Gasteiger partial charge in [-0.15, -0.1) is 0 Å². The number of rotatable bonds is 8. The first-order chi connectivity index (χ1) is 19.6. The first-order valence-corrected chi connectivity index (χ1v) is 14.6. The van der Waals surface area contributed by atoms with Crippen LogP contribution >= 0.6 is 0 Å². The molecule has 5 N–H and O–H groups in total. The second-order valence-electron chi connectivity index (χ2n) is 9.78. The van der Waals surface area contributed by atoms with Gasteiger partial charge in [-0.05, 0) is 63.2 Å². The zero-order valence-electron chi connectivity index (χ0n) is 22.2. The number of nitrogen functional groups attached to an aromatic ring is 2. The van der Waals surface area contributed by atoms with Crippen molar-refractivity contribution < 1.29 is 12.8 Å². The summed E-state index contributed by atoms with van der Waals surface area (Å²) in [5.41, 5.74) is 11.1. The minimum absolute atomic E-state index is 0.0170. The predicted molar refractivity (Wildman–Crippen MR) is 153 cm³/mol. The molecular weight excluding hydrogens is 549 g/mol. The van der Waals surface area contributed by atoms with Gasteiger partial charge in [0.1, 0.15) is 29.1 Å². The molecule has 5 rings (SSSR count). The van der Waals surface area contributed by atoms with Crippen LogP contribution in [0.5, 0.6) is 0 Å². The summed E-state index contributed by atoms with van der Waals surface area (Å²) >= 11 is 0. The molecule has 41 heavy (non-hydrogen) atoms. The molecule has 4 aromatic rings. The van der Waals surface area contributed by atoms with Gasteiger partial charge in [-0.1, -0.05) is 12.1 Å². The number of nitrogens with one attached hydrogen (secondary N) is 1. The summed E-state index contributed by atoms with van der Waals surface area (Å²) in [5, 5.41) is 12.5. The fourth-order valence-corrected chi connectivity index (χ4v) is 6.48. The highest BCUT2D eigenvalue weighted by molar-refractivity contribution is 7.91. The zero-order valence-corrected chi connectivity index (χ0v) is 23.0. The van der Waals surface area contributed by atoms with E-state index in [0.29, 0.717) is 6.54 Å². The first kappa shape index (κ1) is 27.9. The standard InChI is InChI=1S/C27H28FN9O3S/c1-16(32-24-19(15-29)23(30)34-27(31)35-24)25-33-20-8-5-9-21(41(39,40)13-12-36-10-2-3-11-36)22(20)26(38)37(25)18-7-4-6-17(28)14-18/h4-9,14,16H,2-3,10-13H2,1H3,(H5,30,31,32,34,35). The predicted octanol–water partition coefficient (Wildman–Crippen LogP) is 2.39. The number of anilines is 3. The molecule has 0 bridgehead atoms. The smallest absolute Gasteiger partial charge is 0.267 e. The molecule has 0 radical (unpaired) electrons. The van der Waals surface area contributed by atoms with Crippen molar-refractivity contribution in [1.82, 2.24) is 24.4 Å². The Morgan fingerprint density at radius 2 is 1.85 bits per heavy atom. The molecule has 0 amide bonds. The Kier molecular flexibility index (Phi) is 7.57. The molecule has 12 nitrogen and oxygen atoms in total. The van der Waals surface area contributed by atoms with Crippen molar-refractivity contribution >= 4 is 38.3 Å². The number of benzene rings is 2. The van der Waals surface area contributed by atoms with E-state index in [-0.39, 0.29) is 56.2 Å². The van der Waals surface area contributed by atoms with Gasteiger partial charge in [0, 0.05) is 6.54 Å². The van der Waals surface area contributed by atoms with E-state index in [1.165, 1.54) is 30.3 Å². The number of likely N-dealkylation sites (tertiary alicyclic amines) is 1. The first-order valence-electron chi connectivity index (χ1n) is 13.0. The number of halogens is 1. The SMILES string of the molecule is CC(Nc1nc(N)nc(N)c1C#N)c1nc2cccc(S(=O)(=O)CCN3CCCC3)c2c(=O)n1-c1cccc(F)c1. The quantitative estimate of drug-likeness (QED) is 0.279. The molecule has 0 saturated carbocycles. The summed E-state index contributed by atoms with van der Waals surface area (Å²) in [6.45, 7) is 3.68. The largest absolute Gasteiger partial charge is 0.382 e. The van der Waals surface area contributed by atoms with Gasteiger partial charge in [0.2, 0.25) is 5.95 Å². The molecule has 0 aliphatic carbocycles. The fraction of sp³-hybridized carbons (Fsp3) is 0.296. The topological polar surface area (TPSA) is 186 Å². The Morgan fingerprint density at radius 1 is 1.12 bits per heavy atom. The molecule has 1 unspecified atom stereocenters. The summed E-state index contributed by atoms with van der Waals surface area (Å²) in [6.07, 6.45) is 2.05. The average molecular weight is 578 g/mol. The normalized spacial score (nSPS) is 14.7. The number of fused-ring (bicyclic) bond motifs is 1. The molecule has 1 atom stereocenters. The molecule has 1 aliphatic rings. The van der Waals surface area contributed by atoms with Crippen molar-refractivity contribution in [3.8, 4) is 11.8 Å². The highest BCUT2D eigenvalue weighted by Gasteiger charge is 2.26. The van der Waals surface area contributed by atoms with Gasteiger partial charge in [-0.25, -0.2) is 17.8 Å². The molecule has 1 saturated heterocycles. The van der Waals surface area contributed by atoms with Crippen LogP contribution in [0.2, 0.25) is 0 Å². The van der Waals surface area contributed by atoms with Crippen LogP contribution in [0.25, 0.3) is 16.6 Å². The molecule has 3 heterocycles. The number of hydrogen-bond donors (Lipinski definition) is 3. The number of sulfone groups is 1. The maximum absolute atomic E-state index is 14.3. The number of nitrogens with two attached hydrogens (primary N) is 2. The van der Waals surface area contributed by atoms with E-state index in [1.807, 2.05) is 6.07 Å². The van der Waals surface area contributed by atoms with E-state index in [9.17, 15) is 22.9 Å². The van der Waals surface area contributed by atoms with E-state index in [4.69, 9.17) is 11.5 Å². The minimum Gasteiger partial charge on any atom is -0.382 e. The minimum atomic E-state index is -3.87. The third-order valence-corrected chi connectivity index (χ3v) is 8.70. The van der Waals surface area contributed by atoms with Crippen molar-refractivity contribution in [2.75, 3.05) is 42.2 Å². The molecular formula is C27H28FN9O3S. The molecule has 212 valence electrons. The van der Waals surface area contributed by atoms with Crippen LogP contribution < -0.4 is 22.3 Å². The Balaban J connectivity index is 1.68. The lowest BCUT2D eigenvalue weighted by Gasteiger charge is -2.21. The zero-order chi connectivity index (χ0) is 29.3. The summed E-state index contributed by atoms with van der Waals surface area (Å²) < 4.78 is 42.5. The van der Waals surface area contributed by atoms with Crippen LogP contribution in [0.1, 0.15) is 37.2 Å². The van der Waals surface area contributed by atoms with E-state index in [1.54, 1.807) is 13.0 Å². The third-order valence-electron chi connectivity index (χ3n) is 6.97. The summed E-state index contributed by atoms with van der Waals surface area (Å²) in [7, 11) is -3.87. The Hall–Kier alpha value is -4.61. The molecule has 1 aliphatic heterocycles. The van der Waals surface area contributed by atoms with Crippen molar-refractivity contribution in [3.05, 3.63) is 70.0 Å². The molecule has 1 fully saturated rings. The lowest BCUT2D eigenvalue weighted by molar-refractivity contribution is 0.359. The average Bonchev–Trinajstić information content (AvgIpc) is 3.45. The van der Waals surface area contributed by atoms with E-state index < -0.39 is 27.3 Å². The maximum atomic E-state index is 14.3. The van der Waals surface area contributed by atoms with Gasteiger partial charge < -0.3 is 21.7 Å². The molecule has 2 aromatic heterocycles. The summed E-state index contributed by atoms with van der Waals surface area (Å²) in [6, 6.07) is 10.9. The number of nitriles is 1. The highest BCUT2D eigenvalue weighted by atomic mass is 32.2. The monoisotopic (exact) mass is 577 g/mol. The lowest BCUT2D eigenvalue weighted by atomic mass is 10.2. The Bertz CT molecular complexity index is 1850. The Labute approximate surface area is 235 Å². The van der Waals surface area contributed by atoms with Gasteiger partial charge in [-0.3, -0.25) is 9.36 Å². The van der Waals surface area contributed by atoms with Crippen molar-refractivity contribution in [3.63, 3.8) is 0 Å². The van der Waals surface area contributed by atoms with Gasteiger partial charge in [-0.2, -0.15) is 15.2 Å². The fourth-order valence-electron chi connectivity index (χ4n) is 4.98. The van der Waals surface area contributed by atoms with Crippen LogP contribution in [0.15, 0.2) is 52.2 Å². The van der Waals surface area contributed by atoms with Crippen molar-refractivity contribution in [2.24, 2.45) is 0 Å². The van der Waals surface area contributed by atoms with Crippen LogP contribution in [0, 0.1) is 17.1 Å². The second-order valence-corrected chi connectivity index (χ2v) is 11.9. The van der Waals surface area contributed by atoms with Gasteiger partial charge in [0.25, 0.3) is 5.56 Å². The summed E-state index contributed by atoms with van der Waals surface area (Å²) in [4.78, 5) is 28.6. The molecule has 14 heteroatoms. The summed E-state index contributed by atoms with van der Waals surface area (Å²) in [5.74, 6) is -0.932.